The number of nitrogens with one attached hydrogen (secondary N) is 1. The molecule has 1 atom stereocenters. The van der Waals surface area contributed by atoms with Crippen LogP contribution in [0.15, 0.2) is 16.7 Å². The average Bonchev–Trinajstić information content (AvgIpc) is 2.99. The van der Waals surface area contributed by atoms with Gasteiger partial charge in [0.2, 0.25) is 0 Å². The van der Waals surface area contributed by atoms with Crippen LogP contribution in [-0.2, 0) is 6.54 Å². The fourth-order valence-electron chi connectivity index (χ4n) is 2.44. The summed E-state index contributed by atoms with van der Waals surface area (Å²) in [6.07, 6.45) is 3.44. The lowest BCUT2D eigenvalue weighted by Gasteiger charge is -2.15. The smallest absolute Gasteiger partial charge is 0.301 e. The SMILES string of the molecule is NNC(=O)c1occc1CN1CCC(CCO)C1. The summed E-state index contributed by atoms with van der Waals surface area (Å²) in [6.45, 7) is 2.86. The highest BCUT2D eigenvalue weighted by Crippen LogP contribution is 2.22. The predicted octanol–water partition coefficient (Wildman–Crippen LogP) is 0.0874. The van der Waals surface area contributed by atoms with Crippen LogP contribution in [0.4, 0.5) is 0 Å². The third kappa shape index (κ3) is 2.90. The molecule has 6 heteroatoms. The maximum atomic E-state index is 11.5. The molecule has 1 aliphatic rings. The van der Waals surface area contributed by atoms with Gasteiger partial charge in [-0.2, -0.15) is 0 Å². The van der Waals surface area contributed by atoms with Crippen LogP contribution >= 0.6 is 0 Å². The zero-order chi connectivity index (χ0) is 13.0. The van der Waals surface area contributed by atoms with E-state index in [1.165, 1.54) is 6.26 Å². The highest BCUT2D eigenvalue weighted by Gasteiger charge is 2.24. The van der Waals surface area contributed by atoms with Gasteiger partial charge in [0.05, 0.1) is 6.26 Å². The standard InChI is InChI=1S/C12H19N3O3/c13-14-12(17)11-10(3-6-18-11)8-15-4-1-9(7-15)2-5-16/h3,6,9,16H,1-2,4-5,7-8,13H2,(H,14,17). The van der Waals surface area contributed by atoms with Crippen molar-refractivity contribution in [3.05, 3.63) is 23.7 Å². The molecule has 6 nitrogen and oxygen atoms in total. The molecule has 1 fully saturated rings. The molecule has 0 radical (unpaired) electrons. The van der Waals surface area contributed by atoms with Crippen molar-refractivity contribution in [2.24, 2.45) is 11.8 Å². The van der Waals surface area contributed by atoms with Crippen LogP contribution in [0.3, 0.4) is 0 Å². The fourth-order valence-corrected chi connectivity index (χ4v) is 2.44. The van der Waals surface area contributed by atoms with Crippen LogP contribution in [-0.4, -0.2) is 35.6 Å². The number of hydrogen-bond acceptors (Lipinski definition) is 5. The van der Waals surface area contributed by atoms with Crippen molar-refractivity contribution in [2.75, 3.05) is 19.7 Å². The monoisotopic (exact) mass is 253 g/mol. The first kappa shape index (κ1) is 13.1. The number of carbonyl (C=O) groups is 1. The zero-order valence-corrected chi connectivity index (χ0v) is 10.3. The highest BCUT2D eigenvalue weighted by atomic mass is 16.3. The molecule has 0 bridgehead atoms. The van der Waals surface area contributed by atoms with Crippen molar-refractivity contribution in [1.82, 2.24) is 10.3 Å². The molecule has 100 valence electrons. The van der Waals surface area contributed by atoms with Crippen LogP contribution < -0.4 is 11.3 Å². The summed E-state index contributed by atoms with van der Waals surface area (Å²) >= 11 is 0. The maximum absolute atomic E-state index is 11.5. The molecule has 0 saturated carbocycles. The molecular formula is C12H19N3O3. The van der Waals surface area contributed by atoms with Gasteiger partial charge in [-0.05, 0) is 31.4 Å². The second-order valence-corrected chi connectivity index (χ2v) is 4.65. The van der Waals surface area contributed by atoms with Crippen LogP contribution in [0.5, 0.6) is 0 Å². The molecule has 0 aromatic carbocycles. The second-order valence-electron chi connectivity index (χ2n) is 4.65. The summed E-state index contributed by atoms with van der Waals surface area (Å²) in [5.41, 5.74) is 2.93. The van der Waals surface area contributed by atoms with Gasteiger partial charge in [-0.15, -0.1) is 0 Å². The number of carbonyl (C=O) groups excluding carboxylic acids is 1. The number of furan rings is 1. The zero-order valence-electron chi connectivity index (χ0n) is 10.3. The average molecular weight is 253 g/mol. The Morgan fingerprint density at radius 1 is 1.67 bits per heavy atom. The number of nitrogens with two attached hydrogens (primary N) is 1. The summed E-state index contributed by atoms with van der Waals surface area (Å²) in [5.74, 6) is 5.53. The number of likely N-dealkylation sites (tertiary alicyclic amines) is 1. The molecule has 0 aliphatic carbocycles. The number of amides is 1. The Labute approximate surface area is 106 Å². The summed E-state index contributed by atoms with van der Waals surface area (Å²) < 4.78 is 5.14. The maximum Gasteiger partial charge on any atom is 0.301 e. The fraction of sp³-hybridized carbons (Fsp3) is 0.583. The van der Waals surface area contributed by atoms with Crippen molar-refractivity contribution in [1.29, 1.82) is 0 Å². The van der Waals surface area contributed by atoms with Crippen molar-refractivity contribution in [2.45, 2.75) is 19.4 Å². The second kappa shape index (κ2) is 5.99. The largest absolute Gasteiger partial charge is 0.459 e. The minimum Gasteiger partial charge on any atom is -0.459 e. The third-order valence-electron chi connectivity index (χ3n) is 3.39. The first-order valence-electron chi connectivity index (χ1n) is 6.15. The van der Waals surface area contributed by atoms with Crippen molar-refractivity contribution < 1.29 is 14.3 Å². The van der Waals surface area contributed by atoms with Gasteiger partial charge in [0.15, 0.2) is 5.76 Å². The third-order valence-corrected chi connectivity index (χ3v) is 3.39. The number of hydrazine groups is 1. The van der Waals surface area contributed by atoms with Gasteiger partial charge < -0.3 is 9.52 Å². The molecule has 1 unspecified atom stereocenters. The van der Waals surface area contributed by atoms with E-state index in [-0.39, 0.29) is 12.4 Å². The van der Waals surface area contributed by atoms with E-state index in [1.807, 2.05) is 0 Å². The molecule has 1 aromatic rings. The number of nitrogens with zero attached hydrogens (tertiary/aromatic N) is 1. The normalized spacial score (nSPS) is 20.2. The van der Waals surface area contributed by atoms with Crippen LogP contribution in [0.1, 0.15) is 29.0 Å². The number of nitrogen functional groups attached to an aromatic ring is 1. The van der Waals surface area contributed by atoms with E-state index < -0.39 is 5.91 Å². The molecule has 1 saturated heterocycles. The molecule has 0 spiro atoms. The van der Waals surface area contributed by atoms with Crippen LogP contribution in [0.2, 0.25) is 0 Å². The minimum atomic E-state index is -0.402. The Morgan fingerprint density at radius 2 is 2.50 bits per heavy atom. The van der Waals surface area contributed by atoms with Crippen LogP contribution in [0, 0.1) is 5.92 Å². The van der Waals surface area contributed by atoms with Gasteiger partial charge in [0.25, 0.3) is 0 Å². The Bertz CT molecular complexity index is 405. The molecule has 2 heterocycles. The van der Waals surface area contributed by atoms with E-state index in [0.717, 1.165) is 31.5 Å². The molecule has 1 amide bonds. The first-order chi connectivity index (χ1) is 8.74. The van der Waals surface area contributed by atoms with E-state index in [0.29, 0.717) is 12.5 Å². The Kier molecular flexibility index (Phi) is 4.35. The molecule has 18 heavy (non-hydrogen) atoms. The summed E-state index contributed by atoms with van der Waals surface area (Å²) in [7, 11) is 0. The first-order valence-corrected chi connectivity index (χ1v) is 6.15. The highest BCUT2D eigenvalue weighted by molar-refractivity contribution is 5.92. The molecular weight excluding hydrogens is 234 g/mol. The van der Waals surface area contributed by atoms with Gasteiger partial charge in [-0.3, -0.25) is 15.1 Å². The van der Waals surface area contributed by atoms with Crippen molar-refractivity contribution >= 4 is 5.91 Å². The molecule has 2 rings (SSSR count). The quantitative estimate of drug-likeness (QED) is 0.393. The van der Waals surface area contributed by atoms with Gasteiger partial charge in [0, 0.05) is 25.3 Å². The van der Waals surface area contributed by atoms with E-state index in [9.17, 15) is 4.79 Å². The molecule has 4 N–H and O–H groups in total. The summed E-state index contributed by atoms with van der Waals surface area (Å²) in [4.78, 5) is 13.7. The van der Waals surface area contributed by atoms with E-state index >= 15 is 0 Å². The van der Waals surface area contributed by atoms with E-state index in [4.69, 9.17) is 15.4 Å². The molecule has 1 aliphatic heterocycles. The lowest BCUT2D eigenvalue weighted by Crippen LogP contribution is -2.31. The van der Waals surface area contributed by atoms with E-state index in [1.54, 1.807) is 6.07 Å². The van der Waals surface area contributed by atoms with E-state index in [2.05, 4.69) is 10.3 Å². The lowest BCUT2D eigenvalue weighted by atomic mass is 10.1. The topological polar surface area (TPSA) is 91.7 Å². The number of aliphatic hydroxyl groups excluding tert-OH is 1. The number of aliphatic hydroxyl groups is 1. The minimum absolute atomic E-state index is 0.241. The van der Waals surface area contributed by atoms with Crippen molar-refractivity contribution in [3.63, 3.8) is 0 Å². The number of rotatable bonds is 5. The van der Waals surface area contributed by atoms with Gasteiger partial charge in [0.1, 0.15) is 0 Å². The van der Waals surface area contributed by atoms with Gasteiger partial charge >= 0.3 is 5.91 Å². The predicted molar refractivity (Wildman–Crippen MR) is 65.4 cm³/mol. The van der Waals surface area contributed by atoms with Gasteiger partial charge in [-0.1, -0.05) is 0 Å². The summed E-state index contributed by atoms with van der Waals surface area (Å²) in [6, 6.07) is 1.80. The van der Waals surface area contributed by atoms with Gasteiger partial charge in [-0.25, -0.2) is 5.84 Å². The Hall–Kier alpha value is -1.37. The number of hydrogen-bond donors (Lipinski definition) is 3. The molecule has 1 aromatic heterocycles. The Balaban J connectivity index is 1.94. The van der Waals surface area contributed by atoms with Crippen molar-refractivity contribution in [3.8, 4) is 0 Å². The Morgan fingerprint density at radius 3 is 3.22 bits per heavy atom. The van der Waals surface area contributed by atoms with Crippen LogP contribution in [0.25, 0.3) is 0 Å². The summed E-state index contributed by atoms with van der Waals surface area (Å²) in [5, 5.41) is 8.92. The lowest BCUT2D eigenvalue weighted by molar-refractivity contribution is 0.0923.